The third-order valence-electron chi connectivity index (χ3n) is 4.20. The van der Waals surface area contributed by atoms with Gasteiger partial charge in [-0.3, -0.25) is 0 Å². The van der Waals surface area contributed by atoms with Crippen LogP contribution in [-0.4, -0.2) is 21.3 Å². The number of aryl methyl sites for hydroxylation is 1. The van der Waals surface area contributed by atoms with Crippen LogP contribution in [0.5, 0.6) is 0 Å². The van der Waals surface area contributed by atoms with Crippen LogP contribution in [0, 0.1) is 6.92 Å². The molecule has 1 N–H and O–H groups in total. The van der Waals surface area contributed by atoms with Crippen LogP contribution in [0.25, 0.3) is 0 Å². The van der Waals surface area contributed by atoms with Crippen LogP contribution in [0.4, 0.5) is 0 Å². The van der Waals surface area contributed by atoms with Crippen molar-refractivity contribution < 1.29 is 0 Å². The van der Waals surface area contributed by atoms with E-state index in [-0.39, 0.29) is 0 Å². The van der Waals surface area contributed by atoms with Crippen molar-refractivity contribution in [1.82, 2.24) is 20.1 Å². The van der Waals surface area contributed by atoms with Gasteiger partial charge in [0.1, 0.15) is 11.6 Å². The normalized spacial score (nSPS) is 26.5. The molecule has 0 aromatic carbocycles. The molecule has 4 nitrogen and oxygen atoms in total. The average Bonchev–Trinajstić information content (AvgIpc) is 2.98. The molecule has 3 rings (SSSR count). The molecule has 0 amide bonds. The third-order valence-corrected chi connectivity index (χ3v) is 4.20. The van der Waals surface area contributed by atoms with Crippen LogP contribution in [0.3, 0.4) is 0 Å². The molecule has 2 heterocycles. The highest BCUT2D eigenvalue weighted by molar-refractivity contribution is 5.04. The first-order chi connectivity index (χ1) is 8.36. The van der Waals surface area contributed by atoms with Gasteiger partial charge in [-0.2, -0.15) is 0 Å². The van der Waals surface area contributed by atoms with Gasteiger partial charge < -0.3 is 9.88 Å². The Balaban J connectivity index is 1.88. The zero-order chi connectivity index (χ0) is 11.7. The lowest BCUT2D eigenvalue weighted by molar-refractivity contribution is 0.333. The molecule has 2 fully saturated rings. The molecule has 1 aliphatic heterocycles. The minimum Gasteiger partial charge on any atom is -0.311 e. The van der Waals surface area contributed by atoms with Crippen molar-refractivity contribution in [3.8, 4) is 0 Å². The lowest BCUT2D eigenvalue weighted by atomic mass is 9.95. The maximum absolute atomic E-state index is 4.42. The molecular weight excluding hydrogens is 212 g/mol. The van der Waals surface area contributed by atoms with Gasteiger partial charge in [-0.15, -0.1) is 10.2 Å². The van der Waals surface area contributed by atoms with Crippen molar-refractivity contribution in [1.29, 1.82) is 0 Å². The monoisotopic (exact) mass is 234 g/mol. The summed E-state index contributed by atoms with van der Waals surface area (Å²) in [7, 11) is 0. The lowest BCUT2D eigenvalue weighted by Gasteiger charge is -2.26. The van der Waals surface area contributed by atoms with Crippen LogP contribution in [0.2, 0.25) is 0 Å². The van der Waals surface area contributed by atoms with Crippen LogP contribution < -0.4 is 5.32 Å². The van der Waals surface area contributed by atoms with Gasteiger partial charge in [-0.05, 0) is 39.2 Å². The van der Waals surface area contributed by atoms with Gasteiger partial charge in [0.25, 0.3) is 0 Å². The molecule has 1 atom stereocenters. The van der Waals surface area contributed by atoms with Gasteiger partial charge in [0.2, 0.25) is 0 Å². The van der Waals surface area contributed by atoms with Gasteiger partial charge in [-0.1, -0.05) is 19.3 Å². The Morgan fingerprint density at radius 2 is 1.88 bits per heavy atom. The molecule has 1 aliphatic carbocycles. The number of aromatic nitrogens is 3. The van der Waals surface area contributed by atoms with E-state index in [0.29, 0.717) is 12.1 Å². The second-order valence-electron chi connectivity index (χ2n) is 5.42. The zero-order valence-electron chi connectivity index (χ0n) is 10.7. The highest BCUT2D eigenvalue weighted by Crippen LogP contribution is 2.32. The van der Waals surface area contributed by atoms with Gasteiger partial charge in [0.05, 0.1) is 6.04 Å². The maximum atomic E-state index is 4.42. The topological polar surface area (TPSA) is 42.7 Å². The minimum atomic E-state index is 0.443. The van der Waals surface area contributed by atoms with E-state index in [1.54, 1.807) is 0 Å². The Morgan fingerprint density at radius 1 is 1.06 bits per heavy atom. The van der Waals surface area contributed by atoms with E-state index < -0.39 is 0 Å². The van der Waals surface area contributed by atoms with Crippen molar-refractivity contribution in [3.63, 3.8) is 0 Å². The fourth-order valence-electron chi connectivity index (χ4n) is 3.32. The molecule has 0 spiro atoms. The molecule has 1 aromatic rings. The Hall–Kier alpha value is -0.900. The summed E-state index contributed by atoms with van der Waals surface area (Å²) in [6, 6.07) is 1.09. The molecule has 0 bridgehead atoms. The Kier molecular flexibility index (Phi) is 3.14. The van der Waals surface area contributed by atoms with Crippen LogP contribution in [0.15, 0.2) is 0 Å². The molecule has 1 saturated carbocycles. The highest BCUT2D eigenvalue weighted by atomic mass is 15.3. The zero-order valence-corrected chi connectivity index (χ0v) is 10.7. The summed E-state index contributed by atoms with van der Waals surface area (Å²) in [6.07, 6.45) is 9.21. The summed E-state index contributed by atoms with van der Waals surface area (Å²) in [5.74, 6) is 2.28. The first kappa shape index (κ1) is 11.2. The summed E-state index contributed by atoms with van der Waals surface area (Å²) in [6.45, 7) is 3.22. The van der Waals surface area contributed by atoms with E-state index in [1.165, 1.54) is 50.8 Å². The summed E-state index contributed by atoms with van der Waals surface area (Å²) in [5.41, 5.74) is 0. The van der Waals surface area contributed by atoms with Gasteiger partial charge in [-0.25, -0.2) is 0 Å². The van der Waals surface area contributed by atoms with Gasteiger partial charge in [0, 0.05) is 6.04 Å². The summed E-state index contributed by atoms with van der Waals surface area (Å²) in [5, 5.41) is 12.3. The van der Waals surface area contributed by atoms with Crippen molar-refractivity contribution in [2.75, 3.05) is 6.54 Å². The largest absolute Gasteiger partial charge is 0.311 e. The molecule has 1 aromatic heterocycles. The summed E-state index contributed by atoms with van der Waals surface area (Å²) < 4.78 is 2.42. The van der Waals surface area contributed by atoms with E-state index in [2.05, 4.69) is 27.0 Å². The molecule has 17 heavy (non-hydrogen) atoms. The predicted molar refractivity (Wildman–Crippen MR) is 66.9 cm³/mol. The highest BCUT2D eigenvalue weighted by Gasteiger charge is 2.27. The van der Waals surface area contributed by atoms with E-state index >= 15 is 0 Å². The van der Waals surface area contributed by atoms with Gasteiger partial charge in [0.15, 0.2) is 0 Å². The number of rotatable bonds is 2. The van der Waals surface area contributed by atoms with Crippen molar-refractivity contribution in [3.05, 3.63) is 11.6 Å². The first-order valence-electron chi connectivity index (χ1n) is 7.01. The van der Waals surface area contributed by atoms with Crippen molar-refractivity contribution >= 4 is 0 Å². The van der Waals surface area contributed by atoms with Crippen molar-refractivity contribution in [2.45, 2.75) is 64.0 Å². The van der Waals surface area contributed by atoms with E-state index in [9.17, 15) is 0 Å². The van der Waals surface area contributed by atoms with Crippen LogP contribution in [0.1, 0.15) is 68.7 Å². The Morgan fingerprint density at radius 3 is 2.59 bits per heavy atom. The first-order valence-corrected chi connectivity index (χ1v) is 7.01. The summed E-state index contributed by atoms with van der Waals surface area (Å²) >= 11 is 0. The molecular formula is C13H22N4. The number of hydrogen-bond acceptors (Lipinski definition) is 3. The lowest BCUT2D eigenvalue weighted by Crippen LogP contribution is -2.22. The second kappa shape index (κ2) is 4.77. The van der Waals surface area contributed by atoms with Gasteiger partial charge >= 0.3 is 0 Å². The van der Waals surface area contributed by atoms with E-state index in [0.717, 1.165) is 12.4 Å². The number of nitrogens with one attached hydrogen (secondary N) is 1. The molecule has 0 radical (unpaired) electrons. The molecule has 2 aliphatic rings. The molecule has 0 unspecified atom stereocenters. The van der Waals surface area contributed by atoms with Crippen LogP contribution in [-0.2, 0) is 0 Å². The maximum Gasteiger partial charge on any atom is 0.150 e. The summed E-state index contributed by atoms with van der Waals surface area (Å²) in [4.78, 5) is 0. The van der Waals surface area contributed by atoms with E-state index in [4.69, 9.17) is 0 Å². The van der Waals surface area contributed by atoms with E-state index in [1.807, 2.05) is 0 Å². The molecule has 4 heteroatoms. The third kappa shape index (κ3) is 2.10. The Labute approximate surface area is 103 Å². The average molecular weight is 234 g/mol. The second-order valence-corrected chi connectivity index (χ2v) is 5.42. The number of hydrogen-bond donors (Lipinski definition) is 1. The van der Waals surface area contributed by atoms with Crippen molar-refractivity contribution in [2.24, 2.45) is 0 Å². The fraction of sp³-hybridized carbons (Fsp3) is 0.846. The fourth-order valence-corrected chi connectivity index (χ4v) is 3.32. The SMILES string of the molecule is Cc1nnc([C@@H]2CCCN2)n1C1CCCCC1. The predicted octanol–water partition coefficient (Wildman–Crippen LogP) is 2.52. The van der Waals surface area contributed by atoms with Crippen LogP contribution >= 0.6 is 0 Å². The molecule has 1 saturated heterocycles. The molecule has 94 valence electrons. The number of nitrogens with zero attached hydrogens (tertiary/aromatic N) is 3. The standard InChI is InChI=1S/C13H22N4/c1-10-15-16-13(12-8-5-9-14-12)17(10)11-6-3-2-4-7-11/h11-12,14H,2-9H2,1H3/t12-/m0/s1. The minimum absolute atomic E-state index is 0.443. The quantitative estimate of drug-likeness (QED) is 0.855. The smallest absolute Gasteiger partial charge is 0.150 e. The Bertz CT molecular complexity index is 373.